The van der Waals surface area contributed by atoms with Crippen molar-refractivity contribution in [3.8, 4) is 0 Å². The van der Waals surface area contributed by atoms with Crippen LogP contribution in [0.1, 0.15) is 33.1 Å². The summed E-state index contributed by atoms with van der Waals surface area (Å²) in [5.41, 5.74) is 4.54. The van der Waals surface area contributed by atoms with E-state index in [1.165, 1.54) is 0 Å². The van der Waals surface area contributed by atoms with Crippen LogP contribution in [0.25, 0.3) is 0 Å². The van der Waals surface area contributed by atoms with Crippen LogP contribution < -0.4 is 16.4 Å². The lowest BCUT2D eigenvalue weighted by molar-refractivity contribution is -0.127. The molecule has 1 rings (SSSR count). The normalized spacial score (nSPS) is 19.3. The van der Waals surface area contributed by atoms with Crippen LogP contribution in [0.4, 0.5) is 4.79 Å². The Morgan fingerprint density at radius 1 is 1.41 bits per heavy atom. The standard InChI is InChI=1S/C11H21N3O3/c1-7(2)8(13-10(12)17)9(16)14-11(6-15)4-3-5-11/h7-8,15H,3-6H2,1-2H3,(H,14,16)(H3,12,13,17). The van der Waals surface area contributed by atoms with E-state index in [0.717, 1.165) is 19.3 Å². The highest BCUT2D eigenvalue weighted by Gasteiger charge is 2.39. The third-order valence-corrected chi connectivity index (χ3v) is 3.25. The first-order valence-electron chi connectivity index (χ1n) is 5.89. The predicted octanol–water partition coefficient (Wildman–Crippen LogP) is -0.289. The number of rotatable bonds is 5. The zero-order valence-corrected chi connectivity index (χ0v) is 10.3. The second-order valence-electron chi connectivity index (χ2n) is 5.01. The van der Waals surface area contributed by atoms with Gasteiger partial charge >= 0.3 is 6.03 Å². The molecule has 1 aliphatic rings. The molecule has 1 saturated carbocycles. The Labute approximate surface area is 101 Å². The zero-order chi connectivity index (χ0) is 13.1. The summed E-state index contributed by atoms with van der Waals surface area (Å²) in [5, 5.41) is 14.5. The fourth-order valence-electron chi connectivity index (χ4n) is 1.95. The third-order valence-electron chi connectivity index (χ3n) is 3.25. The van der Waals surface area contributed by atoms with Crippen LogP contribution in [0, 0.1) is 5.92 Å². The van der Waals surface area contributed by atoms with E-state index < -0.39 is 17.6 Å². The molecule has 5 N–H and O–H groups in total. The molecular formula is C11H21N3O3. The Morgan fingerprint density at radius 3 is 2.29 bits per heavy atom. The number of carbonyl (C=O) groups excluding carboxylic acids is 2. The second-order valence-corrected chi connectivity index (χ2v) is 5.01. The zero-order valence-electron chi connectivity index (χ0n) is 10.3. The van der Waals surface area contributed by atoms with Gasteiger partial charge in [0.15, 0.2) is 0 Å². The SMILES string of the molecule is CC(C)C(NC(N)=O)C(=O)NC1(CO)CCC1. The summed E-state index contributed by atoms with van der Waals surface area (Å²) in [4.78, 5) is 22.8. The third kappa shape index (κ3) is 3.33. The first kappa shape index (κ1) is 13.8. The molecule has 1 unspecified atom stereocenters. The second kappa shape index (κ2) is 5.35. The topological polar surface area (TPSA) is 104 Å². The van der Waals surface area contributed by atoms with Crippen molar-refractivity contribution < 1.29 is 14.7 Å². The molecule has 98 valence electrons. The number of nitrogens with two attached hydrogens (primary N) is 1. The number of primary amides is 1. The molecule has 1 atom stereocenters. The summed E-state index contributed by atoms with van der Waals surface area (Å²) in [6, 6.07) is -1.37. The van der Waals surface area contributed by atoms with Crippen molar-refractivity contribution >= 4 is 11.9 Å². The molecule has 17 heavy (non-hydrogen) atoms. The summed E-state index contributed by atoms with van der Waals surface area (Å²) in [6.07, 6.45) is 2.55. The molecule has 0 aliphatic heterocycles. The minimum atomic E-state index is -0.717. The van der Waals surface area contributed by atoms with Crippen molar-refractivity contribution in [2.45, 2.75) is 44.7 Å². The smallest absolute Gasteiger partial charge is 0.312 e. The maximum absolute atomic E-state index is 12.0. The van der Waals surface area contributed by atoms with Crippen molar-refractivity contribution in [1.82, 2.24) is 10.6 Å². The summed E-state index contributed by atoms with van der Waals surface area (Å²) >= 11 is 0. The first-order chi connectivity index (χ1) is 7.90. The number of aliphatic hydroxyl groups excluding tert-OH is 1. The number of amides is 3. The highest BCUT2D eigenvalue weighted by molar-refractivity contribution is 5.87. The molecule has 6 heteroatoms. The van der Waals surface area contributed by atoms with Crippen LogP contribution >= 0.6 is 0 Å². The van der Waals surface area contributed by atoms with Gasteiger partial charge in [0.05, 0.1) is 12.1 Å². The lowest BCUT2D eigenvalue weighted by Crippen LogP contribution is -2.61. The predicted molar refractivity (Wildman–Crippen MR) is 63.2 cm³/mol. The number of carbonyl (C=O) groups is 2. The molecule has 1 aliphatic carbocycles. The van der Waals surface area contributed by atoms with E-state index in [9.17, 15) is 14.7 Å². The van der Waals surface area contributed by atoms with Gasteiger partial charge in [0, 0.05) is 0 Å². The Hall–Kier alpha value is -1.30. The van der Waals surface area contributed by atoms with E-state index in [1.54, 1.807) is 0 Å². The molecule has 0 aromatic heterocycles. The van der Waals surface area contributed by atoms with Crippen LogP contribution in [0.2, 0.25) is 0 Å². The summed E-state index contributed by atoms with van der Waals surface area (Å²) in [7, 11) is 0. The van der Waals surface area contributed by atoms with Gasteiger partial charge in [-0.2, -0.15) is 0 Å². The van der Waals surface area contributed by atoms with Crippen LogP contribution in [-0.2, 0) is 4.79 Å². The number of hydrogen-bond acceptors (Lipinski definition) is 3. The maximum atomic E-state index is 12.0. The first-order valence-corrected chi connectivity index (χ1v) is 5.89. The lowest BCUT2D eigenvalue weighted by atomic mass is 9.77. The van der Waals surface area contributed by atoms with Gasteiger partial charge in [0.25, 0.3) is 0 Å². The van der Waals surface area contributed by atoms with Crippen LogP contribution in [0.3, 0.4) is 0 Å². The Balaban J connectivity index is 2.61. The molecule has 0 saturated heterocycles. The van der Waals surface area contributed by atoms with E-state index in [-0.39, 0.29) is 18.4 Å². The fourth-order valence-corrected chi connectivity index (χ4v) is 1.95. The van der Waals surface area contributed by atoms with Crippen LogP contribution in [0.5, 0.6) is 0 Å². The van der Waals surface area contributed by atoms with Crippen molar-refractivity contribution in [3.63, 3.8) is 0 Å². The maximum Gasteiger partial charge on any atom is 0.312 e. The Kier molecular flexibility index (Phi) is 4.34. The molecule has 3 amide bonds. The van der Waals surface area contributed by atoms with Crippen LogP contribution in [0.15, 0.2) is 0 Å². The van der Waals surface area contributed by atoms with Crippen molar-refractivity contribution in [1.29, 1.82) is 0 Å². The van der Waals surface area contributed by atoms with Gasteiger partial charge in [0.1, 0.15) is 6.04 Å². The van der Waals surface area contributed by atoms with Gasteiger partial charge in [-0.1, -0.05) is 13.8 Å². The number of nitrogens with one attached hydrogen (secondary N) is 2. The molecule has 0 bridgehead atoms. The molecule has 0 aromatic carbocycles. The monoisotopic (exact) mass is 243 g/mol. The van der Waals surface area contributed by atoms with E-state index in [1.807, 2.05) is 13.8 Å². The van der Waals surface area contributed by atoms with E-state index in [2.05, 4.69) is 10.6 Å². The molecule has 0 heterocycles. The summed E-state index contributed by atoms with van der Waals surface area (Å²) < 4.78 is 0. The Morgan fingerprint density at radius 2 is 2.00 bits per heavy atom. The highest BCUT2D eigenvalue weighted by Crippen LogP contribution is 2.31. The molecular weight excluding hydrogens is 222 g/mol. The number of aliphatic hydroxyl groups is 1. The van der Waals surface area contributed by atoms with E-state index in [0.29, 0.717) is 0 Å². The average Bonchev–Trinajstić information content (AvgIpc) is 2.19. The molecule has 0 aromatic rings. The van der Waals surface area contributed by atoms with Gasteiger partial charge in [-0.05, 0) is 25.2 Å². The van der Waals surface area contributed by atoms with Crippen molar-refractivity contribution in [2.24, 2.45) is 11.7 Å². The Bertz CT molecular complexity index is 295. The van der Waals surface area contributed by atoms with Gasteiger partial charge in [-0.15, -0.1) is 0 Å². The number of hydrogen-bond donors (Lipinski definition) is 4. The lowest BCUT2D eigenvalue weighted by Gasteiger charge is -2.42. The molecule has 0 radical (unpaired) electrons. The molecule has 6 nitrogen and oxygen atoms in total. The highest BCUT2D eigenvalue weighted by atomic mass is 16.3. The average molecular weight is 243 g/mol. The van der Waals surface area contributed by atoms with E-state index in [4.69, 9.17) is 5.73 Å². The van der Waals surface area contributed by atoms with Gasteiger partial charge in [-0.3, -0.25) is 4.79 Å². The van der Waals surface area contributed by atoms with Gasteiger partial charge < -0.3 is 21.5 Å². The van der Waals surface area contributed by atoms with Crippen molar-refractivity contribution in [2.75, 3.05) is 6.61 Å². The summed E-state index contributed by atoms with van der Waals surface area (Å²) in [6.45, 7) is 3.58. The van der Waals surface area contributed by atoms with Gasteiger partial charge in [-0.25, -0.2) is 4.79 Å². The van der Waals surface area contributed by atoms with Crippen LogP contribution in [-0.4, -0.2) is 35.2 Å². The minimum absolute atomic E-state index is 0.0571. The minimum Gasteiger partial charge on any atom is -0.394 e. The van der Waals surface area contributed by atoms with E-state index >= 15 is 0 Å². The molecule has 0 spiro atoms. The fraction of sp³-hybridized carbons (Fsp3) is 0.818. The summed E-state index contributed by atoms with van der Waals surface area (Å²) in [5.74, 6) is -0.342. The van der Waals surface area contributed by atoms with Crippen molar-refractivity contribution in [3.05, 3.63) is 0 Å². The number of urea groups is 1. The quantitative estimate of drug-likeness (QED) is 0.533. The van der Waals surface area contributed by atoms with Gasteiger partial charge in [0.2, 0.25) is 5.91 Å². The molecule has 1 fully saturated rings. The largest absolute Gasteiger partial charge is 0.394 e.